The Kier molecular flexibility index (Phi) is 5.22. The van der Waals surface area contributed by atoms with E-state index in [2.05, 4.69) is 5.32 Å². The molecule has 1 atom stereocenters. The lowest BCUT2D eigenvalue weighted by Gasteiger charge is -2.20. The molecule has 1 rings (SSSR count). The first-order chi connectivity index (χ1) is 7.95. The molecule has 17 heavy (non-hydrogen) atoms. The number of anilines is 1. The van der Waals surface area contributed by atoms with Gasteiger partial charge in [0.2, 0.25) is 0 Å². The van der Waals surface area contributed by atoms with Crippen LogP contribution in [0.25, 0.3) is 0 Å². The molecular formula is C13H19ClFNO. The van der Waals surface area contributed by atoms with E-state index in [1.807, 2.05) is 13.8 Å². The van der Waals surface area contributed by atoms with E-state index in [1.165, 1.54) is 6.07 Å². The van der Waals surface area contributed by atoms with Crippen molar-refractivity contribution in [1.82, 2.24) is 0 Å². The maximum atomic E-state index is 13.4. The minimum atomic E-state index is -0.276. The molecule has 1 aromatic rings. The van der Waals surface area contributed by atoms with Crippen LogP contribution in [0, 0.1) is 24.6 Å². The summed E-state index contributed by atoms with van der Waals surface area (Å²) in [6, 6.07) is 3.00. The predicted molar refractivity (Wildman–Crippen MR) is 70.1 cm³/mol. The first-order valence-corrected chi connectivity index (χ1v) is 6.13. The molecule has 0 aliphatic rings. The van der Waals surface area contributed by atoms with E-state index in [0.717, 1.165) is 0 Å². The van der Waals surface area contributed by atoms with E-state index in [0.29, 0.717) is 28.7 Å². The molecule has 0 saturated heterocycles. The Morgan fingerprint density at radius 1 is 1.41 bits per heavy atom. The third-order valence-corrected chi connectivity index (χ3v) is 3.29. The minimum Gasteiger partial charge on any atom is -0.396 e. The normalized spacial score (nSPS) is 12.9. The number of aryl methyl sites for hydroxylation is 1. The van der Waals surface area contributed by atoms with Crippen LogP contribution in [0.15, 0.2) is 12.1 Å². The summed E-state index contributed by atoms with van der Waals surface area (Å²) in [5.41, 5.74) is 1.11. The van der Waals surface area contributed by atoms with Crippen LogP contribution < -0.4 is 5.32 Å². The van der Waals surface area contributed by atoms with Crippen molar-refractivity contribution in [3.8, 4) is 0 Å². The molecule has 0 fully saturated rings. The van der Waals surface area contributed by atoms with Crippen LogP contribution in [-0.2, 0) is 0 Å². The summed E-state index contributed by atoms with van der Waals surface area (Å²) < 4.78 is 13.4. The summed E-state index contributed by atoms with van der Waals surface area (Å²) in [4.78, 5) is 0. The van der Waals surface area contributed by atoms with Crippen molar-refractivity contribution < 1.29 is 9.50 Å². The van der Waals surface area contributed by atoms with Crippen LogP contribution >= 0.6 is 11.6 Å². The van der Waals surface area contributed by atoms with Crippen molar-refractivity contribution in [3.63, 3.8) is 0 Å². The zero-order valence-electron chi connectivity index (χ0n) is 10.4. The molecule has 0 bridgehead atoms. The largest absolute Gasteiger partial charge is 0.396 e. The lowest BCUT2D eigenvalue weighted by Crippen LogP contribution is -2.23. The van der Waals surface area contributed by atoms with Gasteiger partial charge in [0.15, 0.2) is 0 Å². The molecule has 0 radical (unpaired) electrons. The number of hydrogen-bond acceptors (Lipinski definition) is 2. The summed E-state index contributed by atoms with van der Waals surface area (Å²) in [6.07, 6.45) is 0. The number of rotatable bonds is 5. The highest BCUT2D eigenvalue weighted by Crippen LogP contribution is 2.25. The molecule has 0 spiro atoms. The number of halogens is 2. The van der Waals surface area contributed by atoms with Gasteiger partial charge in [-0.05, 0) is 30.5 Å². The van der Waals surface area contributed by atoms with E-state index >= 15 is 0 Å². The number of aliphatic hydroxyl groups is 1. The van der Waals surface area contributed by atoms with Gasteiger partial charge in [-0.15, -0.1) is 0 Å². The summed E-state index contributed by atoms with van der Waals surface area (Å²) in [6.45, 7) is 6.45. The molecule has 0 aromatic heterocycles. The summed E-state index contributed by atoms with van der Waals surface area (Å²) in [7, 11) is 0. The molecule has 96 valence electrons. The van der Waals surface area contributed by atoms with Crippen LogP contribution in [0.2, 0.25) is 5.02 Å². The smallest absolute Gasteiger partial charge is 0.128 e. The highest BCUT2D eigenvalue weighted by Gasteiger charge is 2.13. The van der Waals surface area contributed by atoms with Crippen LogP contribution in [0.3, 0.4) is 0 Å². The van der Waals surface area contributed by atoms with Gasteiger partial charge in [0.05, 0.1) is 10.7 Å². The molecule has 0 saturated carbocycles. The van der Waals surface area contributed by atoms with Crippen LogP contribution in [-0.4, -0.2) is 18.3 Å². The van der Waals surface area contributed by atoms with Crippen molar-refractivity contribution in [1.29, 1.82) is 0 Å². The van der Waals surface area contributed by atoms with E-state index < -0.39 is 0 Å². The number of aliphatic hydroxyl groups excluding tert-OH is 1. The molecule has 4 heteroatoms. The maximum absolute atomic E-state index is 13.4. The van der Waals surface area contributed by atoms with Gasteiger partial charge in [0.1, 0.15) is 5.82 Å². The predicted octanol–water partition coefficient (Wildman–Crippen LogP) is 3.46. The fourth-order valence-corrected chi connectivity index (χ4v) is 1.82. The SMILES string of the molecule is Cc1cc(Cl)c(NCC(CO)C(C)C)cc1F. The second-order valence-corrected chi connectivity index (χ2v) is 5.06. The highest BCUT2D eigenvalue weighted by molar-refractivity contribution is 6.33. The zero-order valence-corrected chi connectivity index (χ0v) is 11.2. The van der Waals surface area contributed by atoms with Gasteiger partial charge in [0.25, 0.3) is 0 Å². The first kappa shape index (κ1) is 14.3. The molecule has 0 heterocycles. The van der Waals surface area contributed by atoms with E-state index in [4.69, 9.17) is 11.6 Å². The monoisotopic (exact) mass is 259 g/mol. The quantitative estimate of drug-likeness (QED) is 0.849. The molecule has 0 aliphatic carbocycles. The van der Waals surface area contributed by atoms with Gasteiger partial charge in [-0.25, -0.2) is 4.39 Å². The average molecular weight is 260 g/mol. The Hall–Kier alpha value is -0.800. The fourth-order valence-electron chi connectivity index (χ4n) is 1.53. The van der Waals surface area contributed by atoms with Gasteiger partial charge < -0.3 is 10.4 Å². The summed E-state index contributed by atoms with van der Waals surface area (Å²) in [5.74, 6) is 0.221. The topological polar surface area (TPSA) is 32.3 Å². The van der Waals surface area contributed by atoms with E-state index in [1.54, 1.807) is 13.0 Å². The molecule has 1 unspecified atom stereocenters. The third-order valence-electron chi connectivity index (χ3n) is 2.98. The fraction of sp³-hybridized carbons (Fsp3) is 0.538. The van der Waals surface area contributed by atoms with Crippen molar-refractivity contribution >= 4 is 17.3 Å². The Morgan fingerprint density at radius 2 is 2.06 bits per heavy atom. The molecule has 2 N–H and O–H groups in total. The van der Waals surface area contributed by atoms with E-state index in [-0.39, 0.29) is 18.3 Å². The third kappa shape index (κ3) is 3.86. The van der Waals surface area contributed by atoms with Crippen LogP contribution in [0.1, 0.15) is 19.4 Å². The van der Waals surface area contributed by atoms with Crippen LogP contribution in [0.4, 0.5) is 10.1 Å². The molecule has 0 aliphatic heterocycles. The Balaban J connectivity index is 2.72. The van der Waals surface area contributed by atoms with Crippen LogP contribution in [0.5, 0.6) is 0 Å². The number of benzene rings is 1. The lowest BCUT2D eigenvalue weighted by molar-refractivity contribution is 0.198. The number of nitrogens with one attached hydrogen (secondary N) is 1. The highest BCUT2D eigenvalue weighted by atomic mass is 35.5. The zero-order chi connectivity index (χ0) is 13.0. The van der Waals surface area contributed by atoms with Gasteiger partial charge in [-0.2, -0.15) is 0 Å². The Labute approximate surface area is 107 Å². The van der Waals surface area contributed by atoms with Crippen molar-refractivity contribution in [2.75, 3.05) is 18.5 Å². The first-order valence-electron chi connectivity index (χ1n) is 5.76. The average Bonchev–Trinajstić information content (AvgIpc) is 2.25. The second-order valence-electron chi connectivity index (χ2n) is 4.65. The maximum Gasteiger partial charge on any atom is 0.128 e. The molecular weight excluding hydrogens is 241 g/mol. The number of hydrogen-bond donors (Lipinski definition) is 2. The molecule has 1 aromatic carbocycles. The van der Waals surface area contributed by atoms with Crippen molar-refractivity contribution in [2.24, 2.45) is 11.8 Å². The Morgan fingerprint density at radius 3 is 2.59 bits per heavy atom. The Bertz CT molecular complexity index is 382. The van der Waals surface area contributed by atoms with Gasteiger partial charge >= 0.3 is 0 Å². The van der Waals surface area contributed by atoms with Gasteiger partial charge in [-0.1, -0.05) is 25.4 Å². The van der Waals surface area contributed by atoms with Gasteiger partial charge in [-0.3, -0.25) is 0 Å². The summed E-state index contributed by atoms with van der Waals surface area (Å²) in [5, 5.41) is 12.8. The van der Waals surface area contributed by atoms with Gasteiger partial charge in [0, 0.05) is 19.1 Å². The minimum absolute atomic E-state index is 0.108. The lowest BCUT2D eigenvalue weighted by atomic mass is 9.97. The van der Waals surface area contributed by atoms with E-state index in [9.17, 15) is 9.50 Å². The summed E-state index contributed by atoms with van der Waals surface area (Å²) >= 11 is 6.02. The molecule has 2 nitrogen and oxygen atoms in total. The van der Waals surface area contributed by atoms with Crippen molar-refractivity contribution in [3.05, 3.63) is 28.5 Å². The second kappa shape index (κ2) is 6.22. The molecule has 0 amide bonds. The standard InChI is InChI=1S/C13H19ClFNO/c1-8(2)10(7-17)6-16-13-5-12(15)9(3)4-11(13)14/h4-5,8,10,16-17H,6-7H2,1-3H3. The van der Waals surface area contributed by atoms with Crippen molar-refractivity contribution in [2.45, 2.75) is 20.8 Å².